The van der Waals surface area contributed by atoms with Crippen LogP contribution in [0.5, 0.6) is 0 Å². The van der Waals surface area contributed by atoms with Gasteiger partial charge in [0.25, 0.3) is 0 Å². The predicted octanol–water partition coefficient (Wildman–Crippen LogP) is 1.92. The van der Waals surface area contributed by atoms with Crippen molar-refractivity contribution in [3.05, 3.63) is 35.9 Å². The normalized spacial score (nSPS) is 15.6. The Bertz CT molecular complexity index is 602. The highest BCUT2D eigenvalue weighted by atomic mass is 16.4. The van der Waals surface area contributed by atoms with E-state index in [0.717, 1.165) is 23.7 Å². The van der Waals surface area contributed by atoms with E-state index in [0.29, 0.717) is 6.54 Å². The molecule has 0 radical (unpaired) electrons. The Morgan fingerprint density at radius 1 is 1.47 bits per heavy atom. The van der Waals surface area contributed by atoms with Crippen LogP contribution in [0.15, 0.2) is 24.4 Å². The molecule has 1 aliphatic carbocycles. The third-order valence-corrected chi connectivity index (χ3v) is 3.77. The lowest BCUT2D eigenvalue weighted by Crippen LogP contribution is -2.27. The van der Waals surface area contributed by atoms with Gasteiger partial charge < -0.3 is 10.4 Å². The van der Waals surface area contributed by atoms with Crippen molar-refractivity contribution >= 4 is 11.5 Å². The van der Waals surface area contributed by atoms with E-state index in [4.69, 9.17) is 5.11 Å². The zero-order valence-corrected chi connectivity index (χ0v) is 10.7. The minimum absolute atomic E-state index is 0.0797. The highest BCUT2D eigenvalue weighted by Gasteiger charge is 2.18. The highest BCUT2D eigenvalue weighted by Crippen LogP contribution is 2.25. The molecule has 100 valence electrons. The molecule has 2 aromatic heterocycles. The van der Waals surface area contributed by atoms with Gasteiger partial charge in [-0.25, -0.2) is 9.78 Å². The third kappa shape index (κ3) is 2.33. The summed E-state index contributed by atoms with van der Waals surface area (Å²) in [5, 5.41) is 12.5. The molecule has 5 nitrogen and oxygen atoms in total. The molecule has 0 atom stereocenters. The van der Waals surface area contributed by atoms with Crippen LogP contribution in [0.3, 0.4) is 0 Å². The number of aromatic nitrogens is 2. The van der Waals surface area contributed by atoms with Crippen LogP contribution in [0.1, 0.15) is 35.6 Å². The summed E-state index contributed by atoms with van der Waals surface area (Å²) in [5.41, 5.74) is 1.67. The minimum atomic E-state index is -0.994. The molecule has 2 N–H and O–H groups in total. The largest absolute Gasteiger partial charge is 0.475 e. The molecule has 0 aliphatic heterocycles. The number of pyridine rings is 1. The number of fused-ring (bicyclic) bond motifs is 1. The van der Waals surface area contributed by atoms with Crippen LogP contribution in [0, 0.1) is 5.92 Å². The molecule has 0 amide bonds. The lowest BCUT2D eigenvalue weighted by Gasteiger charge is -2.25. The van der Waals surface area contributed by atoms with Gasteiger partial charge in [0.2, 0.25) is 5.82 Å². The zero-order chi connectivity index (χ0) is 13.2. The Balaban J connectivity index is 1.79. The Morgan fingerprint density at radius 3 is 3.00 bits per heavy atom. The number of carboxylic acids is 1. The molecular weight excluding hydrogens is 242 g/mol. The number of hydrogen-bond donors (Lipinski definition) is 2. The van der Waals surface area contributed by atoms with Gasteiger partial charge in [0, 0.05) is 12.7 Å². The minimum Gasteiger partial charge on any atom is -0.475 e. The Labute approximate surface area is 111 Å². The topological polar surface area (TPSA) is 66.6 Å². The van der Waals surface area contributed by atoms with Crippen LogP contribution in [0.4, 0.5) is 0 Å². The van der Waals surface area contributed by atoms with Crippen molar-refractivity contribution < 1.29 is 9.90 Å². The summed E-state index contributed by atoms with van der Waals surface area (Å²) in [7, 11) is 0. The van der Waals surface area contributed by atoms with Crippen molar-refractivity contribution in [1.82, 2.24) is 14.7 Å². The second-order valence-electron chi connectivity index (χ2n) is 5.07. The maximum Gasteiger partial charge on any atom is 0.372 e. The fraction of sp³-hybridized carbons (Fsp3) is 0.429. The smallest absolute Gasteiger partial charge is 0.372 e. The van der Waals surface area contributed by atoms with Crippen LogP contribution in [0.25, 0.3) is 5.52 Å². The quantitative estimate of drug-likeness (QED) is 0.861. The summed E-state index contributed by atoms with van der Waals surface area (Å²) in [6, 6.07) is 5.62. The molecule has 3 rings (SSSR count). The van der Waals surface area contributed by atoms with Gasteiger partial charge in [-0.1, -0.05) is 12.5 Å². The number of carboxylic acid groups (broad SMARTS) is 1. The summed E-state index contributed by atoms with van der Waals surface area (Å²) in [6.07, 6.45) is 5.68. The predicted molar refractivity (Wildman–Crippen MR) is 71.2 cm³/mol. The molecule has 2 aromatic rings. The maximum atomic E-state index is 11.2. The van der Waals surface area contributed by atoms with Gasteiger partial charge in [0.05, 0.1) is 11.2 Å². The molecule has 1 saturated carbocycles. The highest BCUT2D eigenvalue weighted by molar-refractivity contribution is 5.85. The first kappa shape index (κ1) is 12.2. The second-order valence-corrected chi connectivity index (χ2v) is 5.07. The lowest BCUT2D eigenvalue weighted by molar-refractivity contribution is 0.0682. The van der Waals surface area contributed by atoms with E-state index in [-0.39, 0.29) is 5.82 Å². The van der Waals surface area contributed by atoms with Gasteiger partial charge in [0.1, 0.15) is 0 Å². The zero-order valence-electron chi connectivity index (χ0n) is 10.7. The monoisotopic (exact) mass is 259 g/mol. The summed E-state index contributed by atoms with van der Waals surface area (Å²) < 4.78 is 1.63. The van der Waals surface area contributed by atoms with Crippen molar-refractivity contribution in [2.24, 2.45) is 5.92 Å². The number of carbonyl (C=O) groups is 1. The molecule has 0 unspecified atom stereocenters. The Hall–Kier alpha value is -1.88. The van der Waals surface area contributed by atoms with Crippen molar-refractivity contribution in [2.45, 2.75) is 25.8 Å². The van der Waals surface area contributed by atoms with Crippen molar-refractivity contribution in [2.75, 3.05) is 6.54 Å². The van der Waals surface area contributed by atoms with E-state index >= 15 is 0 Å². The van der Waals surface area contributed by atoms with E-state index in [1.54, 1.807) is 10.6 Å². The van der Waals surface area contributed by atoms with Gasteiger partial charge in [0.15, 0.2) is 0 Å². The molecule has 0 aromatic carbocycles. The average molecular weight is 259 g/mol. The van der Waals surface area contributed by atoms with E-state index < -0.39 is 5.97 Å². The van der Waals surface area contributed by atoms with Crippen LogP contribution >= 0.6 is 0 Å². The summed E-state index contributed by atoms with van der Waals surface area (Å²) in [4.78, 5) is 15.4. The molecule has 1 aliphatic rings. The first-order valence-corrected chi connectivity index (χ1v) is 6.65. The van der Waals surface area contributed by atoms with E-state index in [1.165, 1.54) is 19.3 Å². The second kappa shape index (κ2) is 5.01. The molecule has 0 spiro atoms. The first-order chi connectivity index (χ1) is 9.25. The number of rotatable bonds is 5. The number of nitrogens with one attached hydrogen (secondary N) is 1. The van der Waals surface area contributed by atoms with E-state index in [9.17, 15) is 4.79 Å². The number of aromatic carboxylic acids is 1. The Morgan fingerprint density at radius 2 is 2.32 bits per heavy atom. The molecular formula is C14H17N3O2. The molecule has 19 heavy (non-hydrogen) atoms. The van der Waals surface area contributed by atoms with Crippen LogP contribution in [-0.4, -0.2) is 27.0 Å². The van der Waals surface area contributed by atoms with Crippen LogP contribution in [0.2, 0.25) is 0 Å². The summed E-state index contributed by atoms with van der Waals surface area (Å²) in [6.45, 7) is 1.62. The third-order valence-electron chi connectivity index (χ3n) is 3.77. The van der Waals surface area contributed by atoms with Gasteiger partial charge in [-0.2, -0.15) is 0 Å². The molecule has 0 saturated heterocycles. The number of hydrogen-bond acceptors (Lipinski definition) is 3. The van der Waals surface area contributed by atoms with Gasteiger partial charge in [-0.3, -0.25) is 4.40 Å². The maximum absolute atomic E-state index is 11.2. The van der Waals surface area contributed by atoms with Crippen molar-refractivity contribution in [1.29, 1.82) is 0 Å². The van der Waals surface area contributed by atoms with Gasteiger partial charge in [-0.15, -0.1) is 0 Å². The standard InChI is InChI=1S/C14H17N3O2/c18-14(19)13-16-11(9-15-8-10-4-3-5-10)12-6-1-2-7-17(12)13/h1-2,6-7,10,15H,3-5,8-9H2,(H,18,19). The lowest BCUT2D eigenvalue weighted by atomic mass is 9.85. The van der Waals surface area contributed by atoms with Crippen molar-refractivity contribution in [3.63, 3.8) is 0 Å². The van der Waals surface area contributed by atoms with E-state index in [1.807, 2.05) is 18.2 Å². The Kier molecular flexibility index (Phi) is 3.21. The molecule has 5 heteroatoms. The average Bonchev–Trinajstić information content (AvgIpc) is 2.72. The van der Waals surface area contributed by atoms with Crippen LogP contribution in [-0.2, 0) is 6.54 Å². The van der Waals surface area contributed by atoms with Gasteiger partial charge >= 0.3 is 5.97 Å². The molecule has 1 fully saturated rings. The first-order valence-electron chi connectivity index (χ1n) is 6.65. The molecule has 2 heterocycles. The SMILES string of the molecule is O=C(O)c1nc(CNCC2CCC2)c2ccccn12. The van der Waals surface area contributed by atoms with E-state index in [2.05, 4.69) is 10.3 Å². The fourth-order valence-corrected chi connectivity index (χ4v) is 2.47. The van der Waals surface area contributed by atoms with Crippen molar-refractivity contribution in [3.8, 4) is 0 Å². The summed E-state index contributed by atoms with van der Waals surface area (Å²) >= 11 is 0. The van der Waals surface area contributed by atoms with Crippen LogP contribution < -0.4 is 5.32 Å². The number of nitrogens with zero attached hydrogens (tertiary/aromatic N) is 2. The summed E-state index contributed by atoms with van der Waals surface area (Å²) in [5.74, 6) is -0.129. The number of imidazole rings is 1. The fourth-order valence-electron chi connectivity index (χ4n) is 2.47. The van der Waals surface area contributed by atoms with Gasteiger partial charge in [-0.05, 0) is 37.4 Å². The molecule has 0 bridgehead atoms.